The van der Waals surface area contributed by atoms with Crippen LogP contribution in [0, 0.1) is 11.8 Å². The minimum absolute atomic E-state index is 0.0821. The highest BCUT2D eigenvalue weighted by Gasteiger charge is 2.55. The second-order valence-corrected chi connectivity index (χ2v) is 9.00. The smallest absolute Gasteiger partial charge is 0.303 e. The molecule has 3 heterocycles. The lowest BCUT2D eigenvalue weighted by molar-refractivity contribution is -0.332. The van der Waals surface area contributed by atoms with E-state index in [9.17, 15) is 4.79 Å². The largest absolute Gasteiger partial charge is 0.457 e. The highest BCUT2D eigenvalue weighted by atomic mass is 16.8. The molecular weight excluding hydrogens is 392 g/mol. The first kappa shape index (κ1) is 23.6. The van der Waals surface area contributed by atoms with Gasteiger partial charge in [0.15, 0.2) is 24.5 Å². The molecule has 0 N–H and O–H groups in total. The molecule has 0 radical (unpaired) electrons. The lowest BCUT2D eigenvalue weighted by atomic mass is 9.90. The molecule has 3 saturated heterocycles. The fourth-order valence-electron chi connectivity index (χ4n) is 4.42. The van der Waals surface area contributed by atoms with E-state index in [-0.39, 0.29) is 30.1 Å². The van der Waals surface area contributed by atoms with Crippen LogP contribution in [0.3, 0.4) is 0 Å². The van der Waals surface area contributed by atoms with E-state index in [1.54, 1.807) is 6.08 Å². The molecule has 0 saturated carbocycles. The van der Waals surface area contributed by atoms with Gasteiger partial charge in [0, 0.05) is 18.8 Å². The van der Waals surface area contributed by atoms with Crippen molar-refractivity contribution >= 4 is 5.97 Å². The van der Waals surface area contributed by atoms with Crippen LogP contribution in [0.4, 0.5) is 0 Å². The normalized spacial score (nSPS) is 45.6. The first-order valence-corrected chi connectivity index (χ1v) is 10.8. The number of rotatable bonds is 6. The predicted molar refractivity (Wildman–Crippen MR) is 107 cm³/mol. The van der Waals surface area contributed by atoms with E-state index >= 15 is 0 Å². The molecule has 0 aromatic carbocycles. The van der Waals surface area contributed by atoms with Crippen LogP contribution < -0.4 is 0 Å². The third-order valence-corrected chi connectivity index (χ3v) is 6.09. The van der Waals surface area contributed by atoms with Crippen LogP contribution in [-0.2, 0) is 38.0 Å². The molecule has 3 rings (SSSR count). The molecule has 8 nitrogen and oxygen atoms in total. The molecule has 8 heteroatoms. The first-order chi connectivity index (χ1) is 14.0. The standard InChI is InChI=1S/C22H36O8/c1-9-10-24-20-12(3)16(18(14(5)26-20)27-15(6)23)28-21-19-17(11(2)13(4)25-21)29-22(7,8)30-19/h9,11-14,16-21H,1,10H2,2-8H3/t11-,12+,13?,14?,16?,17?,18-,19-,20-,21-/m0/s1. The van der Waals surface area contributed by atoms with Gasteiger partial charge in [-0.05, 0) is 27.7 Å². The van der Waals surface area contributed by atoms with E-state index in [1.165, 1.54) is 6.92 Å². The highest BCUT2D eigenvalue weighted by Crippen LogP contribution is 2.42. The maximum absolute atomic E-state index is 11.8. The van der Waals surface area contributed by atoms with Gasteiger partial charge in [0.2, 0.25) is 0 Å². The van der Waals surface area contributed by atoms with Crippen LogP contribution in [0.2, 0.25) is 0 Å². The summed E-state index contributed by atoms with van der Waals surface area (Å²) in [5, 5.41) is 0. The summed E-state index contributed by atoms with van der Waals surface area (Å²) in [7, 11) is 0. The number of carbonyl (C=O) groups excluding carboxylic acids is 1. The fraction of sp³-hybridized carbons (Fsp3) is 0.864. The van der Waals surface area contributed by atoms with E-state index in [0.717, 1.165) is 0 Å². The molecule has 0 aromatic rings. The molecule has 3 fully saturated rings. The molecule has 3 aliphatic rings. The van der Waals surface area contributed by atoms with Crippen molar-refractivity contribution in [2.45, 2.75) is 103 Å². The monoisotopic (exact) mass is 428 g/mol. The molecule has 3 aliphatic heterocycles. The molecule has 172 valence electrons. The molecule has 0 bridgehead atoms. The van der Waals surface area contributed by atoms with E-state index in [1.807, 2.05) is 34.6 Å². The van der Waals surface area contributed by atoms with Crippen LogP contribution in [0.15, 0.2) is 12.7 Å². The van der Waals surface area contributed by atoms with Crippen LogP contribution in [0.25, 0.3) is 0 Å². The van der Waals surface area contributed by atoms with Gasteiger partial charge in [-0.3, -0.25) is 4.79 Å². The zero-order chi connectivity index (χ0) is 22.2. The van der Waals surface area contributed by atoms with Gasteiger partial charge in [-0.2, -0.15) is 0 Å². The molecule has 0 aliphatic carbocycles. The van der Waals surface area contributed by atoms with Crippen molar-refractivity contribution in [2.24, 2.45) is 11.8 Å². The number of esters is 1. The van der Waals surface area contributed by atoms with Crippen LogP contribution in [0.5, 0.6) is 0 Å². The van der Waals surface area contributed by atoms with Crippen molar-refractivity contribution in [1.82, 2.24) is 0 Å². The summed E-state index contributed by atoms with van der Waals surface area (Å²) in [4.78, 5) is 11.8. The van der Waals surface area contributed by atoms with E-state index in [0.29, 0.717) is 6.61 Å². The summed E-state index contributed by atoms with van der Waals surface area (Å²) in [6.07, 6.45) is -1.68. The summed E-state index contributed by atoms with van der Waals surface area (Å²) >= 11 is 0. The van der Waals surface area contributed by atoms with Crippen LogP contribution in [0.1, 0.15) is 48.5 Å². The van der Waals surface area contributed by atoms with Gasteiger partial charge in [-0.1, -0.05) is 19.9 Å². The summed E-state index contributed by atoms with van der Waals surface area (Å²) in [6, 6.07) is 0. The Bertz CT molecular complexity index is 622. The summed E-state index contributed by atoms with van der Waals surface area (Å²) in [6.45, 7) is 17.1. The van der Waals surface area contributed by atoms with Crippen molar-refractivity contribution in [3.8, 4) is 0 Å². The molecule has 0 spiro atoms. The second-order valence-electron chi connectivity index (χ2n) is 9.00. The lowest BCUT2D eigenvalue weighted by Crippen LogP contribution is -2.60. The highest BCUT2D eigenvalue weighted by molar-refractivity contribution is 5.66. The van der Waals surface area contributed by atoms with Crippen molar-refractivity contribution in [1.29, 1.82) is 0 Å². The molecular formula is C22H36O8. The van der Waals surface area contributed by atoms with Crippen LogP contribution in [-0.4, -0.2) is 67.6 Å². The molecule has 30 heavy (non-hydrogen) atoms. The third kappa shape index (κ3) is 4.89. The number of ether oxygens (including phenoxy) is 7. The van der Waals surface area contributed by atoms with E-state index in [2.05, 4.69) is 13.5 Å². The maximum Gasteiger partial charge on any atom is 0.303 e. The Morgan fingerprint density at radius 3 is 2.23 bits per heavy atom. The first-order valence-electron chi connectivity index (χ1n) is 10.8. The summed E-state index contributed by atoms with van der Waals surface area (Å²) in [5.41, 5.74) is 0. The van der Waals surface area contributed by atoms with Crippen molar-refractivity contribution in [3.63, 3.8) is 0 Å². The number of carbonyl (C=O) groups is 1. The summed E-state index contributed by atoms with van der Waals surface area (Å²) in [5.74, 6) is -1.20. The Morgan fingerprint density at radius 2 is 1.60 bits per heavy atom. The molecule has 10 atom stereocenters. The van der Waals surface area contributed by atoms with Gasteiger partial charge in [-0.15, -0.1) is 6.58 Å². The minimum atomic E-state index is -0.724. The number of hydrogen-bond donors (Lipinski definition) is 0. The SMILES string of the molecule is C=CCO[C@H]1OC(C)[C@H](OC(C)=O)C(O[C@@H]2OC(C)[C@H](C)C3OC(C)(C)O[C@@H]32)[C@H]1C. The Hall–Kier alpha value is -1.03. The Balaban J connectivity index is 1.83. The molecule has 4 unspecified atom stereocenters. The number of hydrogen-bond acceptors (Lipinski definition) is 8. The van der Waals surface area contributed by atoms with Crippen molar-refractivity contribution in [3.05, 3.63) is 12.7 Å². The van der Waals surface area contributed by atoms with Gasteiger partial charge < -0.3 is 33.2 Å². The van der Waals surface area contributed by atoms with E-state index in [4.69, 9.17) is 33.2 Å². The van der Waals surface area contributed by atoms with Gasteiger partial charge in [0.1, 0.15) is 12.2 Å². The maximum atomic E-state index is 11.8. The van der Waals surface area contributed by atoms with Crippen molar-refractivity contribution in [2.75, 3.05) is 6.61 Å². The topological polar surface area (TPSA) is 81.7 Å². The Kier molecular flexibility index (Phi) is 7.26. The third-order valence-electron chi connectivity index (χ3n) is 6.09. The van der Waals surface area contributed by atoms with Gasteiger partial charge >= 0.3 is 5.97 Å². The average Bonchev–Trinajstić information content (AvgIpc) is 2.99. The van der Waals surface area contributed by atoms with Crippen molar-refractivity contribution < 1.29 is 38.0 Å². The Labute approximate surface area is 179 Å². The Morgan fingerprint density at radius 1 is 0.967 bits per heavy atom. The molecule has 0 amide bonds. The predicted octanol–water partition coefficient (Wildman–Crippen LogP) is 2.79. The quantitative estimate of drug-likeness (QED) is 0.472. The van der Waals surface area contributed by atoms with Gasteiger partial charge in [-0.25, -0.2) is 0 Å². The van der Waals surface area contributed by atoms with Gasteiger partial charge in [0.25, 0.3) is 0 Å². The minimum Gasteiger partial charge on any atom is -0.457 e. The average molecular weight is 429 g/mol. The summed E-state index contributed by atoms with van der Waals surface area (Å²) < 4.78 is 42.3. The zero-order valence-electron chi connectivity index (χ0n) is 19.0. The number of fused-ring (bicyclic) bond motifs is 1. The van der Waals surface area contributed by atoms with Gasteiger partial charge in [0.05, 0.1) is 24.9 Å². The fourth-order valence-corrected chi connectivity index (χ4v) is 4.42. The zero-order valence-corrected chi connectivity index (χ0v) is 19.0. The lowest BCUT2D eigenvalue weighted by Gasteiger charge is -2.47. The molecule has 0 aromatic heterocycles. The van der Waals surface area contributed by atoms with Crippen LogP contribution >= 0.6 is 0 Å². The van der Waals surface area contributed by atoms with E-state index < -0.39 is 42.6 Å². The second kappa shape index (κ2) is 9.22.